The van der Waals surface area contributed by atoms with Gasteiger partial charge in [0.05, 0.1) is 23.9 Å². The second-order valence-electron chi connectivity index (χ2n) is 9.77. The van der Waals surface area contributed by atoms with Crippen molar-refractivity contribution in [2.24, 2.45) is 5.92 Å². The minimum absolute atomic E-state index is 0.00531. The van der Waals surface area contributed by atoms with Gasteiger partial charge < -0.3 is 15.1 Å². The lowest BCUT2D eigenvalue weighted by molar-refractivity contribution is -0.138. The van der Waals surface area contributed by atoms with Crippen LogP contribution in [0.25, 0.3) is 9.40 Å². The lowest BCUT2D eigenvalue weighted by Crippen LogP contribution is -2.52. The Balaban J connectivity index is 1.30. The molecule has 3 aromatic heterocycles. The molecule has 188 valence electrons. The molecule has 0 aliphatic carbocycles. The van der Waals surface area contributed by atoms with Crippen LogP contribution in [0.3, 0.4) is 0 Å². The molecule has 3 aromatic rings. The molecule has 5 heterocycles. The van der Waals surface area contributed by atoms with E-state index in [1.165, 1.54) is 11.3 Å². The highest BCUT2D eigenvalue weighted by Gasteiger charge is 2.52. The zero-order valence-electron chi connectivity index (χ0n) is 20.2. The van der Waals surface area contributed by atoms with Gasteiger partial charge in [-0.3, -0.25) is 24.2 Å². The van der Waals surface area contributed by atoms with Crippen molar-refractivity contribution in [1.82, 2.24) is 20.1 Å². The first-order chi connectivity index (χ1) is 17.3. The normalized spacial score (nSPS) is 20.2. The van der Waals surface area contributed by atoms with Crippen LogP contribution in [-0.2, 0) is 20.8 Å². The van der Waals surface area contributed by atoms with E-state index in [-0.39, 0.29) is 48.4 Å². The van der Waals surface area contributed by atoms with Gasteiger partial charge in [0.25, 0.3) is 5.91 Å². The van der Waals surface area contributed by atoms with Gasteiger partial charge in [-0.2, -0.15) is 0 Å². The third-order valence-corrected chi connectivity index (χ3v) is 8.87. The van der Waals surface area contributed by atoms with Gasteiger partial charge in [0.2, 0.25) is 11.8 Å². The number of carbonyl (C=O) groups excluding carboxylic acids is 4. The maximum Gasteiger partial charge on any atom is 0.262 e. The molecule has 0 bridgehead atoms. The Hall–Kier alpha value is -3.11. The minimum atomic E-state index is -0.732. The molecular weight excluding hydrogens is 496 g/mol. The van der Waals surface area contributed by atoms with E-state index in [2.05, 4.69) is 10.3 Å². The van der Waals surface area contributed by atoms with Gasteiger partial charge in [0.1, 0.15) is 12.1 Å². The van der Waals surface area contributed by atoms with E-state index in [1.807, 2.05) is 37.4 Å². The number of rotatable bonds is 7. The Morgan fingerprint density at radius 3 is 2.75 bits per heavy atom. The molecule has 8 nitrogen and oxygen atoms in total. The lowest BCUT2D eigenvalue weighted by Gasteiger charge is -2.29. The van der Waals surface area contributed by atoms with E-state index in [0.29, 0.717) is 24.3 Å². The van der Waals surface area contributed by atoms with Gasteiger partial charge >= 0.3 is 0 Å². The average molecular weight is 525 g/mol. The maximum atomic E-state index is 13.7. The van der Waals surface area contributed by atoms with E-state index in [0.717, 1.165) is 15.0 Å². The van der Waals surface area contributed by atoms with Crippen molar-refractivity contribution in [2.75, 3.05) is 13.1 Å². The standard InChI is InChI=1S/C26H28N4O4S2/c1-15(2)10-17(28-25(33)22-12-21-20(36-22)6-9-35-21)26(34)29-8-5-18-24(29)19(31)14-30(18)23(32)11-16-4-3-7-27-13-16/h3-4,6-7,9,12-13,15,17-18,24H,5,8,10-11,14H2,1-2H3,(H,28,33). The number of nitrogens with one attached hydrogen (secondary N) is 1. The van der Waals surface area contributed by atoms with Crippen LogP contribution in [0.2, 0.25) is 0 Å². The Kier molecular flexibility index (Phi) is 6.90. The zero-order valence-corrected chi connectivity index (χ0v) is 21.8. The summed E-state index contributed by atoms with van der Waals surface area (Å²) in [4.78, 5) is 60.6. The monoisotopic (exact) mass is 524 g/mol. The number of ketones is 1. The summed E-state index contributed by atoms with van der Waals surface area (Å²) >= 11 is 2.98. The van der Waals surface area contributed by atoms with Crippen molar-refractivity contribution in [3.05, 3.63) is 52.5 Å². The third kappa shape index (κ3) is 4.79. The van der Waals surface area contributed by atoms with Crippen LogP contribution in [0.1, 0.15) is 41.9 Å². The van der Waals surface area contributed by atoms with E-state index in [4.69, 9.17) is 0 Å². The van der Waals surface area contributed by atoms with E-state index in [9.17, 15) is 19.2 Å². The summed E-state index contributed by atoms with van der Waals surface area (Å²) in [6, 6.07) is 5.73. The minimum Gasteiger partial charge on any atom is -0.340 e. The Labute approximate surface area is 217 Å². The molecule has 0 radical (unpaired) electrons. The Bertz CT molecular complexity index is 1270. The van der Waals surface area contributed by atoms with E-state index >= 15 is 0 Å². The van der Waals surface area contributed by atoms with Gasteiger partial charge in [-0.25, -0.2) is 0 Å². The molecule has 2 fully saturated rings. The van der Waals surface area contributed by atoms with Gasteiger partial charge in [0.15, 0.2) is 5.78 Å². The molecule has 36 heavy (non-hydrogen) atoms. The van der Waals surface area contributed by atoms with E-state index < -0.39 is 12.1 Å². The topological polar surface area (TPSA) is 99.7 Å². The SMILES string of the molecule is CC(C)CC(NC(=O)c1cc2sccc2s1)C(=O)N1CCC2C1C(=O)CN2C(=O)Cc1cccnc1. The number of thiophene rings is 2. The van der Waals surface area contributed by atoms with Gasteiger partial charge in [0, 0.05) is 28.3 Å². The number of hydrogen-bond acceptors (Lipinski definition) is 7. The third-order valence-electron chi connectivity index (χ3n) is 6.78. The summed E-state index contributed by atoms with van der Waals surface area (Å²) in [7, 11) is 0. The summed E-state index contributed by atoms with van der Waals surface area (Å²) in [5.41, 5.74) is 0.789. The van der Waals surface area contributed by atoms with Crippen molar-refractivity contribution in [1.29, 1.82) is 0 Å². The van der Waals surface area contributed by atoms with Crippen LogP contribution in [0.5, 0.6) is 0 Å². The van der Waals surface area contributed by atoms with Crippen molar-refractivity contribution >= 4 is 55.6 Å². The highest BCUT2D eigenvalue weighted by molar-refractivity contribution is 7.27. The predicted molar refractivity (Wildman–Crippen MR) is 139 cm³/mol. The summed E-state index contributed by atoms with van der Waals surface area (Å²) in [5, 5.41) is 4.93. The average Bonchev–Trinajstić information content (AvgIpc) is 3.60. The fraction of sp³-hybridized carbons (Fsp3) is 0.423. The molecule has 3 unspecified atom stereocenters. The van der Waals surface area contributed by atoms with Crippen molar-refractivity contribution in [3.8, 4) is 0 Å². The number of likely N-dealkylation sites (tertiary alicyclic amines) is 2. The van der Waals surface area contributed by atoms with Crippen LogP contribution in [0, 0.1) is 5.92 Å². The highest BCUT2D eigenvalue weighted by Crippen LogP contribution is 2.32. The Morgan fingerprint density at radius 2 is 2.03 bits per heavy atom. The van der Waals surface area contributed by atoms with Crippen LogP contribution < -0.4 is 5.32 Å². The van der Waals surface area contributed by atoms with Crippen molar-refractivity contribution < 1.29 is 19.2 Å². The zero-order chi connectivity index (χ0) is 25.4. The van der Waals surface area contributed by atoms with Crippen LogP contribution in [0.15, 0.2) is 42.0 Å². The second-order valence-corrected chi connectivity index (χ2v) is 11.8. The molecule has 3 amide bonds. The largest absolute Gasteiger partial charge is 0.340 e. The molecule has 0 spiro atoms. The number of fused-ring (bicyclic) bond motifs is 2. The number of nitrogens with zero attached hydrogens (tertiary/aromatic N) is 3. The van der Waals surface area contributed by atoms with Crippen LogP contribution in [-0.4, -0.2) is 69.5 Å². The number of amides is 3. The van der Waals surface area contributed by atoms with Crippen LogP contribution in [0.4, 0.5) is 0 Å². The molecule has 2 aliphatic rings. The van der Waals surface area contributed by atoms with Crippen molar-refractivity contribution in [2.45, 2.75) is 51.2 Å². The number of Topliss-reactive ketones (excluding diaryl/α,β-unsaturated/α-hetero) is 1. The smallest absolute Gasteiger partial charge is 0.262 e. The molecule has 5 rings (SSSR count). The first-order valence-corrected chi connectivity index (χ1v) is 13.8. The molecule has 3 atom stereocenters. The molecule has 2 saturated heterocycles. The quantitative estimate of drug-likeness (QED) is 0.512. The molecule has 0 aromatic carbocycles. The summed E-state index contributed by atoms with van der Waals surface area (Å²) in [5.74, 6) is -0.621. The van der Waals surface area contributed by atoms with E-state index in [1.54, 1.807) is 39.6 Å². The fourth-order valence-corrected chi connectivity index (χ4v) is 7.18. The molecule has 10 heteroatoms. The number of aromatic nitrogens is 1. The first kappa shape index (κ1) is 24.6. The second kappa shape index (κ2) is 10.1. The summed E-state index contributed by atoms with van der Waals surface area (Å²) in [6.45, 7) is 4.39. The summed E-state index contributed by atoms with van der Waals surface area (Å²) in [6.07, 6.45) is 4.48. The molecule has 0 saturated carbocycles. The van der Waals surface area contributed by atoms with Gasteiger partial charge in [-0.05, 0) is 47.9 Å². The highest BCUT2D eigenvalue weighted by atomic mass is 32.1. The number of pyridine rings is 1. The van der Waals surface area contributed by atoms with Gasteiger partial charge in [-0.15, -0.1) is 22.7 Å². The number of hydrogen-bond donors (Lipinski definition) is 1. The summed E-state index contributed by atoms with van der Waals surface area (Å²) < 4.78 is 2.10. The Morgan fingerprint density at radius 1 is 1.19 bits per heavy atom. The molecule has 1 N–H and O–H groups in total. The van der Waals surface area contributed by atoms with Gasteiger partial charge in [-0.1, -0.05) is 19.9 Å². The first-order valence-electron chi connectivity index (χ1n) is 12.1. The van der Waals surface area contributed by atoms with Crippen LogP contribution >= 0.6 is 22.7 Å². The maximum absolute atomic E-state index is 13.7. The molecular formula is C26H28N4O4S2. The fourth-order valence-electron chi connectivity index (χ4n) is 5.17. The predicted octanol–water partition coefficient (Wildman–Crippen LogP) is 3.13. The lowest BCUT2D eigenvalue weighted by atomic mass is 10.0. The van der Waals surface area contributed by atoms with Crippen molar-refractivity contribution in [3.63, 3.8) is 0 Å². The molecule has 2 aliphatic heterocycles. The number of carbonyl (C=O) groups is 4.